The first-order valence-corrected chi connectivity index (χ1v) is 10.1. The normalized spacial score (nSPS) is 29.8. The number of rotatable bonds is 1. The Balaban J connectivity index is 2.11. The van der Waals surface area contributed by atoms with Crippen LogP contribution >= 0.6 is 0 Å². The van der Waals surface area contributed by atoms with Gasteiger partial charge in [0.1, 0.15) is 0 Å². The molecular weight excluding hydrogens is 355 g/mol. The number of hydrogen-bond donors (Lipinski definition) is 0. The third-order valence-corrected chi connectivity index (χ3v) is 9.40. The summed E-state index contributed by atoms with van der Waals surface area (Å²) in [7, 11) is 0. The van der Waals surface area contributed by atoms with Crippen LogP contribution in [0.15, 0.2) is 6.07 Å². The monoisotopic (exact) mass is 369 g/mol. The van der Waals surface area contributed by atoms with Crippen LogP contribution in [0.5, 0.6) is 0 Å². The van der Waals surface area contributed by atoms with E-state index in [1.807, 2.05) is 4.90 Å². The second-order valence-electron chi connectivity index (χ2n) is 4.79. The second-order valence-corrected chi connectivity index (χ2v) is 9.99. The van der Waals surface area contributed by atoms with Crippen molar-refractivity contribution in [2.75, 3.05) is 39.5 Å². The van der Waals surface area contributed by atoms with E-state index in [2.05, 4.69) is 0 Å². The molecule has 1 aromatic rings. The number of nitrogens with zero attached hydrogens (tertiary/aromatic N) is 1. The molecule has 0 radical (unpaired) electrons. The molecule has 3 heterocycles. The van der Waals surface area contributed by atoms with Crippen LogP contribution in [0.1, 0.15) is 0 Å². The van der Waals surface area contributed by atoms with Crippen molar-refractivity contribution < 1.29 is 28.9 Å². The van der Waals surface area contributed by atoms with Crippen molar-refractivity contribution in [1.82, 2.24) is 4.90 Å². The van der Waals surface area contributed by atoms with Gasteiger partial charge in [0.05, 0.1) is 0 Å². The fraction of sp³-hybridized carbons (Fsp3) is 0.500. The summed E-state index contributed by atoms with van der Waals surface area (Å²) in [6, 6.07) is 0.167. The minimum absolute atomic E-state index is 0.136. The first kappa shape index (κ1) is 15.2. The summed E-state index contributed by atoms with van der Waals surface area (Å²) in [4.78, 5) is 2.02. The quantitative estimate of drug-likeness (QED) is 0.417. The fourth-order valence-corrected chi connectivity index (χ4v) is 7.77. The zero-order chi connectivity index (χ0) is 15.0. The summed E-state index contributed by atoms with van der Waals surface area (Å²) in [5.74, 6) is -5.95. The molecule has 3 saturated heterocycles. The van der Waals surface area contributed by atoms with Crippen LogP contribution in [-0.4, -0.2) is 58.6 Å². The van der Waals surface area contributed by atoms with Gasteiger partial charge in [-0.1, -0.05) is 0 Å². The molecule has 0 N–H and O–H groups in total. The maximum absolute atomic E-state index is 14.1. The molecule has 0 unspecified atom stereocenters. The van der Waals surface area contributed by atoms with Gasteiger partial charge in [-0.3, -0.25) is 0 Å². The minimum atomic E-state index is -4.63. The molecule has 3 fully saturated rings. The van der Waals surface area contributed by atoms with E-state index in [-0.39, 0.29) is 25.9 Å². The maximum atomic E-state index is 14.1. The average Bonchev–Trinajstić information content (AvgIpc) is 2.37. The Labute approximate surface area is 122 Å². The van der Waals surface area contributed by atoms with E-state index in [1.165, 1.54) is 0 Å². The Morgan fingerprint density at radius 2 is 1.24 bits per heavy atom. The van der Waals surface area contributed by atoms with Crippen LogP contribution in [0.2, 0.25) is 0 Å². The first-order valence-electron chi connectivity index (χ1n) is 6.51. The van der Waals surface area contributed by atoms with Crippen LogP contribution < -0.4 is 4.40 Å². The molecule has 3 aliphatic rings. The van der Waals surface area contributed by atoms with Gasteiger partial charge in [0.2, 0.25) is 0 Å². The molecule has 4 nitrogen and oxygen atoms in total. The summed E-state index contributed by atoms with van der Waals surface area (Å²) in [5, 5.41) is 0. The molecule has 0 spiro atoms. The standard InChI is InChI=1S/C12H13F4GeNO3/c13-8-7-9(14)11(16)12(10(8)15)17-19-4-1-18(2-5-20-17)3-6-21-17/h7H,1-6H2. The van der Waals surface area contributed by atoms with Gasteiger partial charge in [-0.25, -0.2) is 0 Å². The summed E-state index contributed by atoms with van der Waals surface area (Å²) in [6.45, 7) is 2.08. The molecular formula is C12H13F4GeNO3. The molecule has 0 amide bonds. The van der Waals surface area contributed by atoms with Crippen molar-refractivity contribution >= 4 is 18.7 Å². The fourth-order valence-electron chi connectivity index (χ4n) is 2.45. The summed E-state index contributed by atoms with van der Waals surface area (Å²) in [6.07, 6.45) is 0. The summed E-state index contributed by atoms with van der Waals surface area (Å²) < 4.78 is 70.6. The zero-order valence-corrected chi connectivity index (χ0v) is 13.1. The first-order chi connectivity index (χ1) is 10.0. The van der Waals surface area contributed by atoms with Crippen LogP contribution in [0.3, 0.4) is 0 Å². The third-order valence-electron chi connectivity index (χ3n) is 3.52. The van der Waals surface area contributed by atoms with Crippen LogP contribution in [-0.2, 0) is 11.3 Å². The van der Waals surface area contributed by atoms with Crippen LogP contribution in [0.4, 0.5) is 17.6 Å². The number of hydrogen-bond acceptors (Lipinski definition) is 4. The van der Waals surface area contributed by atoms with E-state index >= 15 is 0 Å². The van der Waals surface area contributed by atoms with Crippen molar-refractivity contribution in [1.29, 1.82) is 0 Å². The molecule has 0 aliphatic carbocycles. The van der Waals surface area contributed by atoms with Gasteiger partial charge in [-0.05, 0) is 0 Å². The van der Waals surface area contributed by atoms with E-state index in [9.17, 15) is 17.6 Å². The van der Waals surface area contributed by atoms with Crippen molar-refractivity contribution in [3.63, 3.8) is 0 Å². The molecule has 9 heteroatoms. The molecule has 0 saturated carbocycles. The Morgan fingerprint density at radius 3 is 1.67 bits per heavy atom. The van der Waals surface area contributed by atoms with Gasteiger partial charge in [0, 0.05) is 0 Å². The van der Waals surface area contributed by atoms with E-state index in [0.29, 0.717) is 19.6 Å². The average molecular weight is 368 g/mol. The van der Waals surface area contributed by atoms with Crippen molar-refractivity contribution in [3.05, 3.63) is 29.3 Å². The predicted octanol–water partition coefficient (Wildman–Crippen LogP) is 0.768. The van der Waals surface area contributed by atoms with Crippen LogP contribution in [0, 0.1) is 23.3 Å². The van der Waals surface area contributed by atoms with Gasteiger partial charge in [0.15, 0.2) is 0 Å². The van der Waals surface area contributed by atoms with E-state index in [0.717, 1.165) is 0 Å². The number of fused-ring (bicyclic) bond motifs is 6. The van der Waals surface area contributed by atoms with Crippen molar-refractivity contribution in [2.45, 2.75) is 0 Å². The van der Waals surface area contributed by atoms with E-state index in [1.54, 1.807) is 0 Å². The third kappa shape index (κ3) is 2.70. The number of benzene rings is 1. The summed E-state index contributed by atoms with van der Waals surface area (Å²) >= 11 is -4.63. The Bertz CT molecular complexity index is 507. The van der Waals surface area contributed by atoms with Gasteiger partial charge < -0.3 is 0 Å². The van der Waals surface area contributed by atoms with Crippen molar-refractivity contribution in [3.8, 4) is 0 Å². The zero-order valence-electron chi connectivity index (χ0n) is 11.0. The second kappa shape index (κ2) is 5.84. The Morgan fingerprint density at radius 1 is 0.810 bits per heavy atom. The number of halogens is 4. The van der Waals surface area contributed by atoms with E-state index in [4.69, 9.17) is 11.3 Å². The van der Waals surface area contributed by atoms with Gasteiger partial charge in [-0.2, -0.15) is 0 Å². The van der Waals surface area contributed by atoms with Gasteiger partial charge in [0.25, 0.3) is 0 Å². The molecule has 4 rings (SSSR count). The van der Waals surface area contributed by atoms with Gasteiger partial charge in [-0.15, -0.1) is 0 Å². The Kier molecular flexibility index (Phi) is 4.24. The molecule has 0 aromatic heterocycles. The summed E-state index contributed by atoms with van der Waals surface area (Å²) in [5.41, 5.74) is 0. The molecule has 21 heavy (non-hydrogen) atoms. The predicted molar refractivity (Wildman–Crippen MR) is 66.0 cm³/mol. The molecule has 116 valence electrons. The Hall–Kier alpha value is -0.677. The SMILES string of the molecule is Fc1cc(F)c(F)[c]([Ge]23[O]CCN(CC[O]2)CC[O]3)c1F. The van der Waals surface area contributed by atoms with E-state index < -0.39 is 41.9 Å². The molecule has 0 atom stereocenters. The topological polar surface area (TPSA) is 30.9 Å². The molecule has 2 bridgehead atoms. The van der Waals surface area contributed by atoms with Crippen LogP contribution in [0.25, 0.3) is 0 Å². The molecule has 3 aliphatic heterocycles. The van der Waals surface area contributed by atoms with Crippen molar-refractivity contribution in [2.24, 2.45) is 0 Å². The van der Waals surface area contributed by atoms with Gasteiger partial charge >= 0.3 is 121 Å². The molecule has 1 aromatic carbocycles.